The van der Waals surface area contributed by atoms with Crippen LogP contribution in [0.25, 0.3) is 15.9 Å². The third-order valence-corrected chi connectivity index (χ3v) is 8.02. The monoisotopic (exact) mass is 491 g/mol. The number of benzene rings is 1. The van der Waals surface area contributed by atoms with Gasteiger partial charge in [0.25, 0.3) is 5.56 Å². The Morgan fingerprint density at radius 1 is 1.15 bits per heavy atom. The van der Waals surface area contributed by atoms with E-state index >= 15 is 0 Å². The molecular formula is C25H25N5O2S2. The van der Waals surface area contributed by atoms with Crippen LogP contribution in [0.15, 0.2) is 34.2 Å². The smallest absolute Gasteiger partial charge is 0.267 e. The van der Waals surface area contributed by atoms with Crippen LogP contribution in [0.3, 0.4) is 0 Å². The maximum atomic E-state index is 13.8. The predicted molar refractivity (Wildman–Crippen MR) is 134 cm³/mol. The summed E-state index contributed by atoms with van der Waals surface area (Å²) in [4.78, 5) is 35.1. The van der Waals surface area contributed by atoms with Crippen LogP contribution in [-0.2, 0) is 17.6 Å². The van der Waals surface area contributed by atoms with Gasteiger partial charge < -0.3 is 4.90 Å². The normalized spacial score (nSPS) is 12.7. The predicted octanol–water partition coefficient (Wildman–Crippen LogP) is 4.38. The van der Waals surface area contributed by atoms with Gasteiger partial charge in [-0.1, -0.05) is 29.5 Å². The number of hydrogen-bond acceptors (Lipinski definition) is 7. The highest BCUT2D eigenvalue weighted by Crippen LogP contribution is 2.35. The van der Waals surface area contributed by atoms with Gasteiger partial charge in [-0.3, -0.25) is 14.2 Å². The third-order valence-electron chi connectivity index (χ3n) is 5.91. The second-order valence-corrected chi connectivity index (χ2v) is 10.3. The topological polar surface area (TPSA) is 103 Å². The van der Waals surface area contributed by atoms with Crippen molar-refractivity contribution in [1.29, 1.82) is 10.5 Å². The summed E-state index contributed by atoms with van der Waals surface area (Å²) in [6.45, 7) is 2.56. The Labute approximate surface area is 206 Å². The molecule has 0 saturated carbocycles. The number of rotatable bonds is 8. The zero-order valence-corrected chi connectivity index (χ0v) is 20.7. The first-order valence-electron chi connectivity index (χ1n) is 11.3. The standard InChI is InChI=1S/C25H25N5O2S2/c1-17-8-10-18(11-9-17)30-24(32)22-19-6-2-3-7-20(19)34-23(22)28-25(30)33-16-21(31)29(14-4-12-26)15-5-13-27/h8-11H,2-7,14-16H2,1H3. The van der Waals surface area contributed by atoms with Gasteiger partial charge in [-0.15, -0.1) is 11.3 Å². The molecule has 4 rings (SSSR count). The van der Waals surface area contributed by atoms with Gasteiger partial charge in [0.15, 0.2) is 5.16 Å². The molecule has 174 valence electrons. The minimum atomic E-state index is -0.175. The van der Waals surface area contributed by atoms with Gasteiger partial charge in [0.1, 0.15) is 4.83 Å². The van der Waals surface area contributed by atoms with Crippen LogP contribution >= 0.6 is 23.1 Å². The number of thioether (sulfide) groups is 1. The fourth-order valence-corrected chi connectivity index (χ4v) is 6.37. The molecule has 0 radical (unpaired) electrons. The van der Waals surface area contributed by atoms with Gasteiger partial charge in [-0.05, 0) is 50.3 Å². The van der Waals surface area contributed by atoms with E-state index in [1.807, 2.05) is 43.3 Å². The highest BCUT2D eigenvalue weighted by atomic mass is 32.2. The summed E-state index contributed by atoms with van der Waals surface area (Å²) in [6, 6.07) is 11.8. The maximum Gasteiger partial charge on any atom is 0.267 e. The van der Waals surface area contributed by atoms with Crippen LogP contribution in [0.2, 0.25) is 0 Å². The summed E-state index contributed by atoms with van der Waals surface area (Å²) in [5.41, 5.74) is 2.86. The molecule has 1 aliphatic carbocycles. The Morgan fingerprint density at radius 2 is 1.82 bits per heavy atom. The molecule has 0 spiro atoms. The number of nitrogens with zero attached hydrogens (tertiary/aromatic N) is 5. The molecule has 1 aromatic carbocycles. The number of carbonyl (C=O) groups excluding carboxylic acids is 1. The highest BCUT2D eigenvalue weighted by Gasteiger charge is 2.24. The first-order chi connectivity index (χ1) is 16.5. The average Bonchev–Trinajstić information content (AvgIpc) is 3.22. The Kier molecular flexibility index (Phi) is 7.66. The lowest BCUT2D eigenvalue weighted by Crippen LogP contribution is -2.34. The Morgan fingerprint density at radius 3 is 2.50 bits per heavy atom. The lowest BCUT2D eigenvalue weighted by molar-refractivity contribution is -0.128. The number of aromatic nitrogens is 2. The van der Waals surface area contributed by atoms with Crippen LogP contribution < -0.4 is 5.56 Å². The fourth-order valence-electron chi connectivity index (χ4n) is 4.15. The number of carbonyl (C=O) groups is 1. The largest absolute Gasteiger partial charge is 0.340 e. The number of aryl methyl sites for hydroxylation is 3. The van der Waals surface area contributed by atoms with Crippen molar-refractivity contribution in [2.45, 2.75) is 50.6 Å². The lowest BCUT2D eigenvalue weighted by Gasteiger charge is -2.20. The van der Waals surface area contributed by atoms with E-state index in [0.717, 1.165) is 47.3 Å². The van der Waals surface area contributed by atoms with Gasteiger partial charge in [-0.25, -0.2) is 4.98 Å². The first kappa shape index (κ1) is 24.0. The lowest BCUT2D eigenvalue weighted by atomic mass is 9.97. The van der Waals surface area contributed by atoms with Crippen LogP contribution in [0, 0.1) is 29.6 Å². The van der Waals surface area contributed by atoms with E-state index in [1.54, 1.807) is 15.9 Å². The van der Waals surface area contributed by atoms with E-state index in [2.05, 4.69) is 0 Å². The van der Waals surface area contributed by atoms with Crippen molar-refractivity contribution in [3.05, 3.63) is 50.6 Å². The summed E-state index contributed by atoms with van der Waals surface area (Å²) < 4.78 is 1.62. The molecule has 3 aromatic rings. The molecule has 0 atom stereocenters. The zero-order valence-electron chi connectivity index (χ0n) is 19.0. The van der Waals surface area contributed by atoms with E-state index in [0.29, 0.717) is 10.5 Å². The molecule has 9 heteroatoms. The second-order valence-electron chi connectivity index (χ2n) is 8.25. The molecule has 34 heavy (non-hydrogen) atoms. The molecule has 0 unspecified atom stereocenters. The molecule has 1 amide bonds. The molecule has 1 aliphatic rings. The maximum absolute atomic E-state index is 13.8. The number of fused-ring (bicyclic) bond motifs is 3. The third kappa shape index (κ3) is 5.01. The highest BCUT2D eigenvalue weighted by molar-refractivity contribution is 7.99. The van der Waals surface area contributed by atoms with Gasteiger partial charge in [0.2, 0.25) is 5.91 Å². The summed E-state index contributed by atoms with van der Waals surface area (Å²) in [6.07, 6.45) is 4.51. The molecular weight excluding hydrogens is 466 g/mol. The summed E-state index contributed by atoms with van der Waals surface area (Å²) in [5.74, 6) is -0.100. The minimum Gasteiger partial charge on any atom is -0.340 e. The van der Waals surface area contributed by atoms with Gasteiger partial charge in [0.05, 0.1) is 41.8 Å². The van der Waals surface area contributed by atoms with E-state index < -0.39 is 0 Å². The average molecular weight is 492 g/mol. The molecule has 7 nitrogen and oxygen atoms in total. The van der Waals surface area contributed by atoms with Crippen molar-refractivity contribution in [3.8, 4) is 17.8 Å². The summed E-state index contributed by atoms with van der Waals surface area (Å²) in [5, 5.41) is 19.0. The molecule has 0 saturated heterocycles. The van der Waals surface area contributed by atoms with Crippen molar-refractivity contribution in [2.75, 3.05) is 18.8 Å². The Balaban J connectivity index is 1.72. The number of amides is 1. The van der Waals surface area contributed by atoms with E-state index in [9.17, 15) is 9.59 Å². The van der Waals surface area contributed by atoms with Crippen molar-refractivity contribution >= 4 is 39.2 Å². The van der Waals surface area contributed by atoms with Gasteiger partial charge >= 0.3 is 0 Å². The summed E-state index contributed by atoms with van der Waals surface area (Å²) in [7, 11) is 0. The summed E-state index contributed by atoms with van der Waals surface area (Å²) >= 11 is 2.82. The second kappa shape index (κ2) is 10.9. The van der Waals surface area contributed by atoms with Crippen LogP contribution in [-0.4, -0.2) is 39.2 Å². The fraction of sp³-hybridized carbons (Fsp3) is 0.400. The quantitative estimate of drug-likeness (QED) is 0.342. The van der Waals surface area contributed by atoms with Crippen LogP contribution in [0.5, 0.6) is 0 Å². The Bertz CT molecular complexity index is 1330. The minimum absolute atomic E-state index is 0.0752. The van der Waals surface area contributed by atoms with E-state index in [4.69, 9.17) is 15.5 Å². The molecule has 0 bridgehead atoms. The number of hydrogen-bond donors (Lipinski definition) is 0. The first-order valence-corrected chi connectivity index (χ1v) is 13.1. The van der Waals surface area contributed by atoms with Gasteiger partial charge in [-0.2, -0.15) is 10.5 Å². The van der Waals surface area contributed by atoms with E-state index in [1.165, 1.54) is 21.5 Å². The molecule has 0 fully saturated rings. The van der Waals surface area contributed by atoms with E-state index in [-0.39, 0.29) is 43.2 Å². The number of nitriles is 2. The molecule has 2 heterocycles. The SMILES string of the molecule is Cc1ccc(-n2c(SCC(=O)N(CCC#N)CCC#N)nc3sc4c(c3c2=O)CCCC4)cc1. The van der Waals surface area contributed by atoms with Crippen LogP contribution in [0.4, 0.5) is 0 Å². The number of thiophene rings is 1. The molecule has 0 aliphatic heterocycles. The Hall–Kier alpha value is -3.14. The van der Waals surface area contributed by atoms with Crippen molar-refractivity contribution in [3.63, 3.8) is 0 Å². The van der Waals surface area contributed by atoms with Crippen LogP contribution in [0.1, 0.15) is 41.7 Å². The molecule has 0 N–H and O–H groups in total. The zero-order chi connectivity index (χ0) is 24.1. The molecule has 2 aromatic heterocycles. The van der Waals surface area contributed by atoms with Crippen molar-refractivity contribution < 1.29 is 4.79 Å². The van der Waals surface area contributed by atoms with Crippen molar-refractivity contribution in [2.24, 2.45) is 0 Å². The van der Waals surface area contributed by atoms with Crippen molar-refractivity contribution in [1.82, 2.24) is 14.5 Å². The van der Waals surface area contributed by atoms with Gasteiger partial charge in [0, 0.05) is 18.0 Å².